The third kappa shape index (κ3) is 5.78. The molecule has 12 heteroatoms. The first-order valence-electron chi connectivity index (χ1n) is 11.2. The average Bonchev–Trinajstić information content (AvgIpc) is 3.15. The second kappa shape index (κ2) is 10.2. The Balaban J connectivity index is 1.45. The van der Waals surface area contributed by atoms with Crippen molar-refractivity contribution in [3.8, 4) is 0 Å². The van der Waals surface area contributed by atoms with Crippen molar-refractivity contribution in [1.82, 2.24) is 19.7 Å². The van der Waals surface area contributed by atoms with Crippen LogP contribution in [0.1, 0.15) is 27.3 Å². The molecule has 2 aromatic heterocycles. The van der Waals surface area contributed by atoms with Crippen LogP contribution in [0.5, 0.6) is 0 Å². The molecule has 36 heavy (non-hydrogen) atoms. The fourth-order valence-corrected chi connectivity index (χ4v) is 4.20. The van der Waals surface area contributed by atoms with E-state index in [0.29, 0.717) is 32.0 Å². The van der Waals surface area contributed by atoms with E-state index >= 15 is 0 Å². The van der Waals surface area contributed by atoms with Gasteiger partial charge in [-0.3, -0.25) is 14.3 Å². The maximum Gasteiger partial charge on any atom is 0.416 e. The first-order valence-corrected chi connectivity index (χ1v) is 11.6. The van der Waals surface area contributed by atoms with Gasteiger partial charge >= 0.3 is 6.18 Å². The summed E-state index contributed by atoms with van der Waals surface area (Å²) in [6, 6.07) is 7.58. The van der Waals surface area contributed by atoms with Gasteiger partial charge in [-0.2, -0.15) is 18.3 Å². The zero-order valence-corrected chi connectivity index (χ0v) is 20.4. The van der Waals surface area contributed by atoms with Crippen molar-refractivity contribution in [1.29, 1.82) is 0 Å². The molecule has 0 radical (unpaired) electrons. The number of hydrogen-bond acceptors (Lipinski definition) is 5. The van der Waals surface area contributed by atoms with Gasteiger partial charge in [0.05, 0.1) is 22.0 Å². The van der Waals surface area contributed by atoms with Crippen molar-refractivity contribution < 1.29 is 22.8 Å². The van der Waals surface area contributed by atoms with Crippen LogP contribution < -0.4 is 10.2 Å². The molecule has 3 aromatic rings. The highest BCUT2D eigenvalue weighted by Gasteiger charge is 2.31. The molecule has 1 aromatic carbocycles. The number of amides is 2. The summed E-state index contributed by atoms with van der Waals surface area (Å²) < 4.78 is 40.8. The summed E-state index contributed by atoms with van der Waals surface area (Å²) in [5.41, 5.74) is 0.966. The van der Waals surface area contributed by atoms with Gasteiger partial charge in [-0.15, -0.1) is 0 Å². The van der Waals surface area contributed by atoms with E-state index in [2.05, 4.69) is 15.4 Å². The van der Waals surface area contributed by atoms with Gasteiger partial charge in [-0.05, 0) is 44.2 Å². The highest BCUT2D eigenvalue weighted by atomic mass is 35.5. The summed E-state index contributed by atoms with van der Waals surface area (Å²) in [5.74, 6) is -0.349. The number of aryl methyl sites for hydroxylation is 2. The lowest BCUT2D eigenvalue weighted by atomic mass is 10.1. The Morgan fingerprint density at radius 3 is 2.44 bits per heavy atom. The minimum atomic E-state index is -4.56. The monoisotopic (exact) mass is 520 g/mol. The first kappa shape index (κ1) is 25.5. The van der Waals surface area contributed by atoms with Gasteiger partial charge < -0.3 is 15.1 Å². The van der Waals surface area contributed by atoms with E-state index in [1.54, 1.807) is 9.58 Å². The number of hydrogen-bond donors (Lipinski definition) is 1. The molecule has 0 bridgehead atoms. The zero-order valence-electron chi connectivity index (χ0n) is 19.6. The molecular formula is C24H24ClF3N6O2. The van der Waals surface area contributed by atoms with Gasteiger partial charge in [-0.25, -0.2) is 4.98 Å². The van der Waals surface area contributed by atoms with E-state index in [0.717, 1.165) is 23.5 Å². The summed E-state index contributed by atoms with van der Waals surface area (Å²) in [4.78, 5) is 33.5. The molecular weight excluding hydrogens is 497 g/mol. The Morgan fingerprint density at radius 1 is 1.08 bits per heavy atom. The molecule has 0 saturated carbocycles. The van der Waals surface area contributed by atoms with Gasteiger partial charge in [0.25, 0.3) is 5.91 Å². The van der Waals surface area contributed by atoms with Crippen LogP contribution in [0, 0.1) is 13.8 Å². The number of anilines is 2. The molecule has 0 spiro atoms. The summed E-state index contributed by atoms with van der Waals surface area (Å²) >= 11 is 6.08. The van der Waals surface area contributed by atoms with E-state index < -0.39 is 17.6 Å². The number of carbonyl (C=O) groups excluding carboxylic acids is 2. The molecule has 0 aliphatic carbocycles. The molecule has 0 atom stereocenters. The minimum absolute atomic E-state index is 0.0528. The number of piperazine rings is 1. The number of benzene rings is 1. The predicted molar refractivity (Wildman–Crippen MR) is 129 cm³/mol. The summed E-state index contributed by atoms with van der Waals surface area (Å²) in [7, 11) is 0. The molecule has 1 saturated heterocycles. The molecule has 8 nitrogen and oxygen atoms in total. The maximum atomic E-state index is 13.1. The van der Waals surface area contributed by atoms with E-state index in [1.165, 1.54) is 24.4 Å². The Labute approximate surface area is 210 Å². The second-order valence-corrected chi connectivity index (χ2v) is 8.95. The van der Waals surface area contributed by atoms with Crippen molar-refractivity contribution in [2.45, 2.75) is 26.6 Å². The van der Waals surface area contributed by atoms with Crippen molar-refractivity contribution in [2.75, 3.05) is 36.4 Å². The van der Waals surface area contributed by atoms with Gasteiger partial charge in [0.15, 0.2) is 5.82 Å². The van der Waals surface area contributed by atoms with Gasteiger partial charge in [-0.1, -0.05) is 17.7 Å². The number of aromatic nitrogens is 3. The summed E-state index contributed by atoms with van der Waals surface area (Å²) in [6.45, 7) is 5.68. The highest BCUT2D eigenvalue weighted by molar-refractivity contribution is 6.31. The molecule has 1 aliphatic rings. The minimum Gasteiger partial charge on any atom is -0.351 e. The fraction of sp³-hybridized carbons (Fsp3) is 0.333. The quantitative estimate of drug-likeness (QED) is 0.546. The average molecular weight is 521 g/mol. The van der Waals surface area contributed by atoms with Crippen LogP contribution in [0.3, 0.4) is 0 Å². The topological polar surface area (TPSA) is 83.4 Å². The molecule has 4 rings (SSSR count). The first-order chi connectivity index (χ1) is 17.0. The normalized spacial score (nSPS) is 14.2. The molecule has 3 heterocycles. The standard InChI is InChI=1S/C24H24ClF3N6O2/c1-15-10-16(2)34(31-15)14-21(35)32-6-8-33(9-7-32)22-20(12-19(25)13-29-22)30-23(36)17-4-3-5-18(11-17)24(26,27)28/h3-5,10-13H,6-9,14H2,1-2H3,(H,30,36). The molecule has 1 fully saturated rings. The molecule has 0 unspecified atom stereocenters. The van der Waals surface area contributed by atoms with Crippen LogP contribution in [0.2, 0.25) is 5.02 Å². The Hall–Kier alpha value is -3.60. The van der Waals surface area contributed by atoms with E-state index in [-0.39, 0.29) is 28.7 Å². The van der Waals surface area contributed by atoms with Crippen LogP contribution in [-0.2, 0) is 17.5 Å². The number of nitrogens with zero attached hydrogens (tertiary/aromatic N) is 5. The van der Waals surface area contributed by atoms with Crippen molar-refractivity contribution in [3.63, 3.8) is 0 Å². The summed E-state index contributed by atoms with van der Waals surface area (Å²) in [5, 5.41) is 7.23. The maximum absolute atomic E-state index is 13.1. The largest absolute Gasteiger partial charge is 0.416 e. The third-order valence-corrected chi connectivity index (χ3v) is 6.06. The number of pyridine rings is 1. The van der Waals surface area contributed by atoms with Crippen molar-refractivity contribution >= 4 is 34.9 Å². The smallest absolute Gasteiger partial charge is 0.351 e. The number of halogens is 4. The Morgan fingerprint density at radius 2 is 1.81 bits per heavy atom. The highest BCUT2D eigenvalue weighted by Crippen LogP contribution is 2.31. The number of rotatable bonds is 5. The molecule has 1 aliphatic heterocycles. The van der Waals surface area contributed by atoms with Crippen molar-refractivity contribution in [3.05, 3.63) is 70.1 Å². The lowest BCUT2D eigenvalue weighted by Gasteiger charge is -2.36. The van der Waals surface area contributed by atoms with Gasteiger partial charge in [0, 0.05) is 43.6 Å². The van der Waals surface area contributed by atoms with Crippen LogP contribution in [0.25, 0.3) is 0 Å². The van der Waals surface area contributed by atoms with Crippen LogP contribution in [0.15, 0.2) is 42.6 Å². The predicted octanol–water partition coefficient (Wildman–Crippen LogP) is 4.17. The Bertz CT molecular complexity index is 1290. The van der Waals surface area contributed by atoms with Crippen LogP contribution in [-0.4, -0.2) is 57.7 Å². The van der Waals surface area contributed by atoms with Crippen LogP contribution in [0.4, 0.5) is 24.7 Å². The van der Waals surface area contributed by atoms with Crippen molar-refractivity contribution in [2.24, 2.45) is 0 Å². The van der Waals surface area contributed by atoms with E-state index in [1.807, 2.05) is 24.8 Å². The molecule has 1 N–H and O–H groups in total. The SMILES string of the molecule is Cc1cc(C)n(CC(=O)N2CCN(c3ncc(Cl)cc3NC(=O)c3cccc(C(F)(F)F)c3)CC2)n1. The van der Waals surface area contributed by atoms with Crippen LogP contribution >= 0.6 is 11.6 Å². The lowest BCUT2D eigenvalue weighted by molar-refractivity contribution is -0.137. The number of nitrogens with one attached hydrogen (secondary N) is 1. The molecule has 190 valence electrons. The van der Waals surface area contributed by atoms with Gasteiger partial charge in [0.2, 0.25) is 5.91 Å². The second-order valence-electron chi connectivity index (χ2n) is 8.51. The number of carbonyl (C=O) groups is 2. The lowest BCUT2D eigenvalue weighted by Crippen LogP contribution is -2.50. The number of alkyl halides is 3. The summed E-state index contributed by atoms with van der Waals surface area (Å²) in [6.07, 6.45) is -3.14. The third-order valence-electron chi connectivity index (χ3n) is 5.85. The van der Waals surface area contributed by atoms with E-state index in [4.69, 9.17) is 11.6 Å². The van der Waals surface area contributed by atoms with Gasteiger partial charge in [0.1, 0.15) is 6.54 Å². The van der Waals surface area contributed by atoms with E-state index in [9.17, 15) is 22.8 Å². The molecule has 2 amide bonds. The fourth-order valence-electron chi connectivity index (χ4n) is 4.04. The Kier molecular flexibility index (Phi) is 7.21. The zero-order chi connectivity index (χ0) is 26.0.